The van der Waals surface area contributed by atoms with E-state index in [2.05, 4.69) is 15.3 Å². The number of nitrogens with two attached hydrogens (primary N) is 2. The van der Waals surface area contributed by atoms with Crippen molar-refractivity contribution in [3.05, 3.63) is 23.5 Å². The van der Waals surface area contributed by atoms with Gasteiger partial charge in [-0.1, -0.05) is 40.0 Å². The Morgan fingerprint density at radius 3 is 2.49 bits per heavy atom. The molecule has 14 heteroatoms. The second kappa shape index (κ2) is 14.4. The lowest BCUT2D eigenvalue weighted by Crippen LogP contribution is -2.53. The Balaban J connectivity index is 1.90. The fraction of sp³-hybridized carbons (Fsp3) is 0.677. The van der Waals surface area contributed by atoms with Crippen molar-refractivity contribution >= 4 is 30.2 Å². The normalized spacial score (nSPS) is 25.1. The first-order valence-corrected chi connectivity index (χ1v) is 15.2. The largest absolute Gasteiger partial charge is 0.463 e. The van der Waals surface area contributed by atoms with Crippen molar-refractivity contribution in [2.24, 2.45) is 22.1 Å². The number of nitrogens with one attached hydrogen (secondary N) is 2. The van der Waals surface area contributed by atoms with Gasteiger partial charge in [0.05, 0.1) is 5.69 Å². The number of nitriles is 1. The molecule has 0 spiro atoms. The first kappa shape index (κ1) is 35.5. The van der Waals surface area contributed by atoms with E-state index in [9.17, 15) is 24.8 Å². The van der Waals surface area contributed by atoms with E-state index in [1.807, 2.05) is 6.07 Å². The highest BCUT2D eigenvalue weighted by Crippen LogP contribution is 2.41. The van der Waals surface area contributed by atoms with Crippen molar-refractivity contribution in [3.8, 4) is 6.07 Å². The van der Waals surface area contributed by atoms with Crippen LogP contribution in [0.3, 0.4) is 0 Å². The molecule has 0 unspecified atom stereocenters. The number of alkyl carbamates (subject to hydrolysis) is 1. The average Bonchev–Trinajstić information content (AvgIpc) is 3.54. The summed E-state index contributed by atoms with van der Waals surface area (Å²) in [6, 6.07) is 3.77. The van der Waals surface area contributed by atoms with Gasteiger partial charge in [0.2, 0.25) is 5.60 Å². The van der Waals surface area contributed by atoms with Gasteiger partial charge in [-0.25, -0.2) is 9.59 Å². The summed E-state index contributed by atoms with van der Waals surface area (Å²) in [6.07, 6.45) is 1.06. The van der Waals surface area contributed by atoms with E-state index in [1.165, 1.54) is 12.1 Å². The Bertz CT molecular complexity index is 1300. The molecule has 5 atom stereocenters. The minimum absolute atomic E-state index is 0.0155. The van der Waals surface area contributed by atoms with E-state index in [1.54, 1.807) is 41.5 Å². The zero-order valence-electron chi connectivity index (χ0n) is 26.9. The van der Waals surface area contributed by atoms with Crippen molar-refractivity contribution in [2.45, 2.75) is 116 Å². The smallest absolute Gasteiger partial charge is 0.408 e. The van der Waals surface area contributed by atoms with E-state index in [0.717, 1.165) is 38.4 Å². The highest BCUT2D eigenvalue weighted by molar-refractivity contribution is 5.99. The van der Waals surface area contributed by atoms with Crippen LogP contribution in [0.2, 0.25) is 0 Å². The van der Waals surface area contributed by atoms with Crippen LogP contribution in [0.1, 0.15) is 91.5 Å². The van der Waals surface area contributed by atoms with Crippen molar-refractivity contribution in [1.82, 2.24) is 10.3 Å². The van der Waals surface area contributed by atoms with Gasteiger partial charge in [0, 0.05) is 6.42 Å². The zero-order valence-corrected chi connectivity index (χ0v) is 26.9. The second-order valence-corrected chi connectivity index (χ2v) is 13.6. The molecule has 14 nitrogen and oxygen atoms in total. The summed E-state index contributed by atoms with van der Waals surface area (Å²) in [7, 11) is 0. The van der Waals surface area contributed by atoms with E-state index < -0.39 is 65.6 Å². The maximum absolute atomic E-state index is 13.6. The lowest BCUT2D eigenvalue weighted by molar-refractivity contribution is -0.164. The topological polar surface area (TPSA) is 224 Å². The number of aliphatic imine (C=N–C) groups is 1. The summed E-state index contributed by atoms with van der Waals surface area (Å²) in [5, 5.41) is 29.8. The fourth-order valence-electron chi connectivity index (χ4n) is 5.48. The highest BCUT2D eigenvalue weighted by atomic mass is 16.6. The zero-order chi connectivity index (χ0) is 33.6. The average molecular weight is 632 g/mol. The first-order valence-electron chi connectivity index (χ1n) is 15.2. The molecule has 1 aromatic rings. The number of esters is 2. The van der Waals surface area contributed by atoms with Gasteiger partial charge < -0.3 is 40.1 Å². The van der Waals surface area contributed by atoms with Gasteiger partial charge in [-0.05, 0) is 62.1 Å². The number of aliphatic hydroxyl groups excluding tert-OH is 1. The molecule has 0 aromatic carbocycles. The van der Waals surface area contributed by atoms with Crippen LogP contribution in [0.5, 0.6) is 0 Å². The Kier molecular flexibility index (Phi) is 11.4. The van der Waals surface area contributed by atoms with Crippen molar-refractivity contribution in [1.29, 1.82) is 5.26 Å². The van der Waals surface area contributed by atoms with Gasteiger partial charge in [0.15, 0.2) is 6.10 Å². The first-order chi connectivity index (χ1) is 21.0. The number of rotatable bonds is 10. The molecule has 248 valence electrons. The van der Waals surface area contributed by atoms with Crippen molar-refractivity contribution in [3.63, 3.8) is 0 Å². The molecule has 0 radical (unpaired) electrons. The Labute approximate surface area is 263 Å². The van der Waals surface area contributed by atoms with Crippen LogP contribution >= 0.6 is 0 Å². The molecule has 2 fully saturated rings. The SMILES string of the molecule is CC(C)(C)OC(=O)N[C@H](C(=O)O[C@H]1[C@@H](O)[C@](C#N)(c2ccc(C(N)=NC=[NH2+])[nH]2)O[C@@H]1COC(=O)CC1CCCCC1)C(C)(C)C. The lowest BCUT2D eigenvalue weighted by Gasteiger charge is -2.32. The molecular formula is C31H47N6O8+. The number of aromatic amines is 1. The predicted octanol–water partition coefficient (Wildman–Crippen LogP) is 1.35. The van der Waals surface area contributed by atoms with Gasteiger partial charge in [0.25, 0.3) is 12.2 Å². The number of amidine groups is 1. The second-order valence-electron chi connectivity index (χ2n) is 13.6. The molecule has 45 heavy (non-hydrogen) atoms. The maximum atomic E-state index is 13.6. The van der Waals surface area contributed by atoms with Crippen LogP contribution in [0, 0.1) is 22.7 Å². The number of aromatic nitrogens is 1. The van der Waals surface area contributed by atoms with E-state index in [-0.39, 0.29) is 23.9 Å². The summed E-state index contributed by atoms with van der Waals surface area (Å²) in [5.41, 5.74) is 2.56. The Hall–Kier alpha value is -3.96. The molecule has 0 bridgehead atoms. The maximum Gasteiger partial charge on any atom is 0.408 e. The number of amides is 1. The van der Waals surface area contributed by atoms with Crippen molar-refractivity contribution < 1.29 is 43.8 Å². The molecule has 2 heterocycles. The molecule has 3 rings (SSSR count). The van der Waals surface area contributed by atoms with E-state index >= 15 is 0 Å². The lowest BCUT2D eigenvalue weighted by atomic mass is 9.86. The molecule has 1 aliphatic heterocycles. The van der Waals surface area contributed by atoms with Gasteiger partial charge in [-0.3, -0.25) is 10.2 Å². The number of hydrogen-bond acceptors (Lipinski definition) is 9. The van der Waals surface area contributed by atoms with Gasteiger partial charge >= 0.3 is 18.0 Å². The third kappa shape index (κ3) is 9.04. The van der Waals surface area contributed by atoms with Crippen LogP contribution < -0.4 is 16.5 Å². The van der Waals surface area contributed by atoms with Crippen LogP contribution in [-0.2, 0) is 34.1 Å². The molecule has 7 N–H and O–H groups in total. The van der Waals surface area contributed by atoms with E-state index in [0.29, 0.717) is 5.69 Å². The predicted molar refractivity (Wildman–Crippen MR) is 162 cm³/mol. The molecule has 1 saturated carbocycles. The number of carbonyl (C=O) groups excluding carboxylic acids is 3. The molecule has 1 aromatic heterocycles. The number of ether oxygens (including phenoxy) is 4. The summed E-state index contributed by atoms with van der Waals surface area (Å²) in [4.78, 5) is 45.7. The number of aliphatic hydroxyl groups is 1. The Morgan fingerprint density at radius 2 is 1.91 bits per heavy atom. The molecular weight excluding hydrogens is 584 g/mol. The number of hydrogen-bond donors (Lipinski definition) is 5. The van der Waals surface area contributed by atoms with Crippen LogP contribution in [0.25, 0.3) is 0 Å². The van der Waals surface area contributed by atoms with Gasteiger partial charge in [0.1, 0.15) is 42.2 Å². The van der Waals surface area contributed by atoms with Gasteiger partial charge in [-0.2, -0.15) is 5.26 Å². The number of H-pyrrole nitrogens is 1. The number of nitrogens with zero attached hydrogens (tertiary/aromatic N) is 2. The summed E-state index contributed by atoms with van der Waals surface area (Å²) < 4.78 is 22.8. The summed E-state index contributed by atoms with van der Waals surface area (Å²) >= 11 is 0. The summed E-state index contributed by atoms with van der Waals surface area (Å²) in [5.74, 6) is -1.13. The summed E-state index contributed by atoms with van der Waals surface area (Å²) in [6.45, 7) is 9.80. The highest BCUT2D eigenvalue weighted by Gasteiger charge is 2.60. The molecule has 1 aliphatic carbocycles. The quantitative estimate of drug-likeness (QED) is 0.108. The third-order valence-electron chi connectivity index (χ3n) is 7.78. The molecule has 2 aliphatic rings. The standard InChI is InChI=1S/C31H46N6O8/c1-29(2,3)24(37-28(41)45-30(4,5)6)27(40)43-23-20(15-42-22(38)14-18-10-8-7-9-11-18)44-31(16-32,25(23)39)21-13-12-19(36-21)26(34)35-17-33/h12-13,17-18,20,23-25,36,39H,7-11,14-15H2,1-6H3,(H,37,41)(H3,33,34,35)/p+1/t20-,23-,24-,25-,31+/m1/s1. The van der Waals surface area contributed by atoms with Crippen molar-refractivity contribution in [2.75, 3.05) is 6.61 Å². The van der Waals surface area contributed by atoms with Crippen LogP contribution in [-0.4, -0.2) is 76.9 Å². The third-order valence-corrected chi connectivity index (χ3v) is 7.78. The molecule has 1 saturated heterocycles. The minimum Gasteiger partial charge on any atom is -0.463 e. The van der Waals surface area contributed by atoms with Crippen LogP contribution in [0.4, 0.5) is 4.79 Å². The molecule has 1 amide bonds. The monoisotopic (exact) mass is 631 g/mol. The minimum atomic E-state index is -2.08. The van der Waals surface area contributed by atoms with E-state index in [4.69, 9.17) is 30.1 Å². The fourth-order valence-corrected chi connectivity index (χ4v) is 5.48. The van der Waals surface area contributed by atoms with Gasteiger partial charge in [-0.15, -0.1) is 0 Å². The Morgan fingerprint density at radius 1 is 1.24 bits per heavy atom. The van der Waals surface area contributed by atoms with Crippen LogP contribution in [0.15, 0.2) is 17.1 Å². The number of carbonyl (C=O) groups is 3.